The van der Waals surface area contributed by atoms with E-state index in [9.17, 15) is 14.4 Å². The summed E-state index contributed by atoms with van der Waals surface area (Å²) in [4.78, 5) is 39.4. The molecule has 1 fully saturated rings. The van der Waals surface area contributed by atoms with Crippen molar-refractivity contribution in [1.82, 2.24) is 15.2 Å². The average Bonchev–Trinajstić information content (AvgIpc) is 3.04. The van der Waals surface area contributed by atoms with Gasteiger partial charge in [-0.3, -0.25) is 9.59 Å². The number of carbonyl (C=O) groups excluding carboxylic acids is 2. The molecule has 0 aromatic carbocycles. The monoisotopic (exact) mass is 293 g/mol. The number of hydrogen-bond acceptors (Lipinski definition) is 3. The summed E-state index contributed by atoms with van der Waals surface area (Å²) in [7, 11) is 0. The van der Waals surface area contributed by atoms with Crippen LogP contribution in [0.1, 0.15) is 44.9 Å². The SMILES string of the molecule is Cc1[nH]c(C(=O)O)c(C)c1C(=O)NCC(=O)N1CCCC1. The molecular formula is C14H19N3O4. The summed E-state index contributed by atoms with van der Waals surface area (Å²) in [5.74, 6) is -1.64. The summed E-state index contributed by atoms with van der Waals surface area (Å²) in [6.07, 6.45) is 2.00. The van der Waals surface area contributed by atoms with Crippen LogP contribution in [0.5, 0.6) is 0 Å². The molecule has 2 rings (SSSR count). The lowest BCUT2D eigenvalue weighted by molar-refractivity contribution is -0.129. The topological polar surface area (TPSA) is 102 Å². The lowest BCUT2D eigenvalue weighted by Gasteiger charge is -2.15. The maximum Gasteiger partial charge on any atom is 0.352 e. The minimum absolute atomic E-state index is 0.00326. The second-order valence-corrected chi connectivity index (χ2v) is 5.20. The van der Waals surface area contributed by atoms with E-state index in [1.165, 1.54) is 0 Å². The third-order valence-electron chi connectivity index (χ3n) is 3.74. The van der Waals surface area contributed by atoms with Crippen LogP contribution in [-0.2, 0) is 4.79 Å². The van der Waals surface area contributed by atoms with Crippen molar-refractivity contribution in [3.63, 3.8) is 0 Å². The van der Waals surface area contributed by atoms with Crippen LogP contribution in [0.25, 0.3) is 0 Å². The van der Waals surface area contributed by atoms with E-state index >= 15 is 0 Å². The number of H-pyrrole nitrogens is 1. The van der Waals surface area contributed by atoms with Gasteiger partial charge in [-0.1, -0.05) is 0 Å². The number of likely N-dealkylation sites (tertiary alicyclic amines) is 1. The number of nitrogens with one attached hydrogen (secondary N) is 2. The second-order valence-electron chi connectivity index (χ2n) is 5.20. The molecule has 7 nitrogen and oxygen atoms in total. The van der Waals surface area contributed by atoms with Crippen LogP contribution in [0, 0.1) is 13.8 Å². The van der Waals surface area contributed by atoms with Crippen LogP contribution in [-0.4, -0.2) is 52.4 Å². The summed E-state index contributed by atoms with van der Waals surface area (Å²) < 4.78 is 0. The molecule has 0 aliphatic carbocycles. The Kier molecular flexibility index (Phi) is 4.30. The third-order valence-corrected chi connectivity index (χ3v) is 3.74. The fraction of sp³-hybridized carbons (Fsp3) is 0.500. The summed E-state index contributed by atoms with van der Waals surface area (Å²) in [5.41, 5.74) is 1.16. The number of aromatic nitrogens is 1. The molecule has 1 aromatic heterocycles. The number of carbonyl (C=O) groups is 3. The van der Waals surface area contributed by atoms with Gasteiger partial charge in [0.25, 0.3) is 5.91 Å². The van der Waals surface area contributed by atoms with E-state index in [0.29, 0.717) is 16.8 Å². The van der Waals surface area contributed by atoms with Gasteiger partial charge in [0, 0.05) is 18.8 Å². The largest absolute Gasteiger partial charge is 0.477 e. The zero-order valence-corrected chi connectivity index (χ0v) is 12.2. The number of aryl methyl sites for hydroxylation is 1. The molecule has 0 saturated carbocycles. The molecule has 3 N–H and O–H groups in total. The molecule has 0 bridgehead atoms. The Bertz CT molecular complexity index is 585. The molecule has 1 aliphatic rings. The van der Waals surface area contributed by atoms with Gasteiger partial charge in [-0.2, -0.15) is 0 Å². The van der Waals surface area contributed by atoms with E-state index in [1.807, 2.05) is 0 Å². The summed E-state index contributed by atoms with van der Waals surface area (Å²) in [5, 5.41) is 11.6. The first-order valence-electron chi connectivity index (χ1n) is 6.90. The highest BCUT2D eigenvalue weighted by molar-refractivity contribution is 6.02. The van der Waals surface area contributed by atoms with E-state index in [2.05, 4.69) is 10.3 Å². The van der Waals surface area contributed by atoms with Gasteiger partial charge in [0.05, 0.1) is 12.1 Å². The van der Waals surface area contributed by atoms with Crippen molar-refractivity contribution in [3.05, 3.63) is 22.5 Å². The highest BCUT2D eigenvalue weighted by Crippen LogP contribution is 2.17. The van der Waals surface area contributed by atoms with Gasteiger partial charge in [-0.15, -0.1) is 0 Å². The number of carboxylic acids is 1. The first-order valence-corrected chi connectivity index (χ1v) is 6.90. The Morgan fingerprint density at radius 3 is 2.38 bits per heavy atom. The number of aromatic amines is 1. The highest BCUT2D eigenvalue weighted by atomic mass is 16.4. The van der Waals surface area contributed by atoms with Crippen molar-refractivity contribution in [2.24, 2.45) is 0 Å². The maximum atomic E-state index is 12.1. The fourth-order valence-electron chi connectivity index (χ4n) is 2.63. The van der Waals surface area contributed by atoms with Crippen LogP contribution in [0.2, 0.25) is 0 Å². The van der Waals surface area contributed by atoms with Gasteiger partial charge in [-0.25, -0.2) is 4.79 Å². The molecule has 1 aromatic rings. The summed E-state index contributed by atoms with van der Waals surface area (Å²) in [6.45, 7) is 4.62. The van der Waals surface area contributed by atoms with E-state index in [-0.39, 0.29) is 18.1 Å². The van der Waals surface area contributed by atoms with Crippen molar-refractivity contribution >= 4 is 17.8 Å². The molecule has 2 heterocycles. The first-order chi connectivity index (χ1) is 9.91. The smallest absolute Gasteiger partial charge is 0.352 e. The van der Waals surface area contributed by atoms with Crippen LogP contribution in [0.15, 0.2) is 0 Å². The molecule has 2 amide bonds. The van der Waals surface area contributed by atoms with Gasteiger partial charge in [0.15, 0.2) is 0 Å². The molecule has 1 saturated heterocycles. The average molecular weight is 293 g/mol. The van der Waals surface area contributed by atoms with Gasteiger partial charge < -0.3 is 20.3 Å². The zero-order chi connectivity index (χ0) is 15.6. The Hall–Kier alpha value is -2.31. The predicted molar refractivity (Wildman–Crippen MR) is 75.4 cm³/mol. The summed E-state index contributed by atoms with van der Waals surface area (Å²) >= 11 is 0. The van der Waals surface area contributed by atoms with Crippen molar-refractivity contribution in [2.45, 2.75) is 26.7 Å². The molecule has 114 valence electrons. The molecule has 7 heteroatoms. The van der Waals surface area contributed by atoms with Gasteiger partial charge in [0.2, 0.25) is 5.91 Å². The van der Waals surface area contributed by atoms with E-state index in [4.69, 9.17) is 5.11 Å². The minimum atomic E-state index is -1.11. The second kappa shape index (κ2) is 5.99. The molecule has 0 radical (unpaired) electrons. The quantitative estimate of drug-likeness (QED) is 0.759. The Labute approximate surface area is 122 Å². The molecule has 0 atom stereocenters. The lowest BCUT2D eigenvalue weighted by Crippen LogP contribution is -2.38. The van der Waals surface area contributed by atoms with Crippen LogP contribution >= 0.6 is 0 Å². The number of hydrogen-bond donors (Lipinski definition) is 3. The predicted octanol–water partition coefficient (Wildman–Crippen LogP) is 0.682. The molecule has 0 unspecified atom stereocenters. The third kappa shape index (κ3) is 3.07. The standard InChI is InChI=1S/C14H19N3O4/c1-8-11(9(2)16-12(8)14(20)21)13(19)15-7-10(18)17-5-3-4-6-17/h16H,3-7H2,1-2H3,(H,15,19)(H,20,21). The number of nitrogens with zero attached hydrogens (tertiary/aromatic N) is 1. The molecular weight excluding hydrogens is 274 g/mol. The maximum absolute atomic E-state index is 12.1. The van der Waals surface area contributed by atoms with E-state index in [0.717, 1.165) is 25.9 Å². The first kappa shape index (κ1) is 15.1. The van der Waals surface area contributed by atoms with Crippen molar-refractivity contribution in [2.75, 3.05) is 19.6 Å². The Morgan fingerprint density at radius 1 is 1.24 bits per heavy atom. The van der Waals surface area contributed by atoms with Crippen LogP contribution in [0.3, 0.4) is 0 Å². The van der Waals surface area contributed by atoms with Crippen LogP contribution in [0.4, 0.5) is 0 Å². The van der Waals surface area contributed by atoms with Gasteiger partial charge in [0.1, 0.15) is 5.69 Å². The van der Waals surface area contributed by atoms with E-state index in [1.54, 1.807) is 18.7 Å². The van der Waals surface area contributed by atoms with E-state index < -0.39 is 11.9 Å². The number of aromatic carboxylic acids is 1. The number of amides is 2. The number of carboxylic acid groups (broad SMARTS) is 1. The fourth-order valence-corrected chi connectivity index (χ4v) is 2.63. The normalized spacial score (nSPS) is 14.3. The number of rotatable bonds is 4. The van der Waals surface area contributed by atoms with Gasteiger partial charge >= 0.3 is 5.97 Å². The minimum Gasteiger partial charge on any atom is -0.477 e. The van der Waals surface area contributed by atoms with Crippen molar-refractivity contribution in [3.8, 4) is 0 Å². The lowest BCUT2D eigenvalue weighted by atomic mass is 10.1. The molecule has 0 spiro atoms. The molecule has 21 heavy (non-hydrogen) atoms. The van der Waals surface area contributed by atoms with Gasteiger partial charge in [-0.05, 0) is 32.3 Å². The Morgan fingerprint density at radius 2 is 1.86 bits per heavy atom. The summed E-state index contributed by atoms with van der Waals surface area (Å²) in [6, 6.07) is 0. The zero-order valence-electron chi connectivity index (χ0n) is 12.2. The van der Waals surface area contributed by atoms with Crippen molar-refractivity contribution < 1.29 is 19.5 Å². The highest BCUT2D eigenvalue weighted by Gasteiger charge is 2.23. The molecule has 1 aliphatic heterocycles. The van der Waals surface area contributed by atoms with Crippen molar-refractivity contribution in [1.29, 1.82) is 0 Å². The van der Waals surface area contributed by atoms with Crippen LogP contribution < -0.4 is 5.32 Å². The Balaban J connectivity index is 2.03.